The number of hydrogen-bond donors (Lipinski definition) is 2. The van der Waals surface area contributed by atoms with Gasteiger partial charge < -0.3 is 20.1 Å². The second-order valence-corrected chi connectivity index (χ2v) is 10.3. The summed E-state index contributed by atoms with van der Waals surface area (Å²) in [6.07, 6.45) is 0.616. The SMILES string of the molecule is CCC(C)C(NC(=O)OCC1c2ccccc2-c2ccccc21)C(=O)N1C(CC)SCC1C(=O)O. The van der Waals surface area contributed by atoms with E-state index in [1.165, 1.54) is 16.7 Å². The first kappa shape index (κ1) is 25.1. The van der Waals surface area contributed by atoms with Gasteiger partial charge in [-0.05, 0) is 34.6 Å². The van der Waals surface area contributed by atoms with Gasteiger partial charge in [-0.2, -0.15) is 0 Å². The molecular formula is C27H32N2O5S. The highest BCUT2D eigenvalue weighted by molar-refractivity contribution is 8.00. The molecule has 1 fully saturated rings. The van der Waals surface area contributed by atoms with Crippen molar-refractivity contribution in [2.24, 2.45) is 5.92 Å². The molecule has 4 rings (SSSR count). The molecule has 2 aromatic rings. The van der Waals surface area contributed by atoms with Crippen LogP contribution < -0.4 is 5.32 Å². The van der Waals surface area contributed by atoms with Gasteiger partial charge in [0, 0.05) is 11.7 Å². The Kier molecular flexibility index (Phi) is 7.69. The summed E-state index contributed by atoms with van der Waals surface area (Å²) in [6.45, 7) is 5.90. The zero-order valence-corrected chi connectivity index (χ0v) is 21.1. The highest BCUT2D eigenvalue weighted by atomic mass is 32.2. The molecule has 1 aliphatic heterocycles. The number of carboxylic acid groups (broad SMARTS) is 1. The molecule has 4 unspecified atom stereocenters. The minimum absolute atomic E-state index is 0.0817. The Balaban J connectivity index is 1.48. The predicted octanol–water partition coefficient (Wildman–Crippen LogP) is 4.70. The number of carbonyl (C=O) groups is 3. The molecular weight excluding hydrogens is 464 g/mol. The largest absolute Gasteiger partial charge is 0.480 e. The Morgan fingerprint density at radius 2 is 1.69 bits per heavy atom. The minimum atomic E-state index is -1.02. The van der Waals surface area contributed by atoms with E-state index < -0.39 is 24.1 Å². The highest BCUT2D eigenvalue weighted by Crippen LogP contribution is 2.44. The Morgan fingerprint density at radius 3 is 2.23 bits per heavy atom. The van der Waals surface area contributed by atoms with E-state index in [0.717, 1.165) is 22.3 Å². The van der Waals surface area contributed by atoms with Crippen LogP contribution in [-0.4, -0.2) is 57.8 Å². The number of benzene rings is 2. The van der Waals surface area contributed by atoms with E-state index in [4.69, 9.17) is 4.74 Å². The maximum atomic E-state index is 13.5. The van der Waals surface area contributed by atoms with Gasteiger partial charge in [-0.3, -0.25) is 4.79 Å². The quantitative estimate of drug-likeness (QED) is 0.550. The normalized spacial score (nSPS) is 20.6. The lowest BCUT2D eigenvalue weighted by atomic mass is 9.97. The van der Waals surface area contributed by atoms with E-state index >= 15 is 0 Å². The lowest BCUT2D eigenvalue weighted by Crippen LogP contribution is -2.56. The van der Waals surface area contributed by atoms with Crippen LogP contribution in [-0.2, 0) is 14.3 Å². The second kappa shape index (κ2) is 10.7. The number of amides is 2. The molecule has 4 atom stereocenters. The number of aliphatic carboxylic acids is 1. The molecule has 0 saturated carbocycles. The Bertz CT molecular complexity index is 1060. The van der Waals surface area contributed by atoms with Crippen molar-refractivity contribution in [3.63, 3.8) is 0 Å². The molecule has 2 aromatic carbocycles. The van der Waals surface area contributed by atoms with Gasteiger partial charge in [0.25, 0.3) is 0 Å². The monoisotopic (exact) mass is 496 g/mol. The number of rotatable bonds is 8. The summed E-state index contributed by atoms with van der Waals surface area (Å²) in [5.41, 5.74) is 4.50. The minimum Gasteiger partial charge on any atom is -0.480 e. The van der Waals surface area contributed by atoms with E-state index in [-0.39, 0.29) is 29.7 Å². The second-order valence-electron chi connectivity index (χ2n) is 9.13. The van der Waals surface area contributed by atoms with E-state index in [1.54, 1.807) is 0 Å². The zero-order valence-electron chi connectivity index (χ0n) is 20.3. The third kappa shape index (κ3) is 4.89. The van der Waals surface area contributed by atoms with Crippen LogP contribution in [0.3, 0.4) is 0 Å². The summed E-state index contributed by atoms with van der Waals surface area (Å²) in [5.74, 6) is -1.30. The molecule has 1 saturated heterocycles. The molecule has 0 radical (unpaired) electrons. The van der Waals surface area contributed by atoms with Crippen LogP contribution in [0.25, 0.3) is 11.1 Å². The third-order valence-electron chi connectivity index (χ3n) is 7.08. The smallest absolute Gasteiger partial charge is 0.407 e. The molecule has 0 bridgehead atoms. The fourth-order valence-electron chi connectivity index (χ4n) is 4.97. The number of nitrogens with zero attached hydrogens (tertiary/aromatic N) is 1. The fraction of sp³-hybridized carbons (Fsp3) is 0.444. The van der Waals surface area contributed by atoms with E-state index in [1.807, 2.05) is 45.0 Å². The molecule has 2 aliphatic rings. The predicted molar refractivity (Wildman–Crippen MR) is 136 cm³/mol. The molecule has 186 valence electrons. The maximum absolute atomic E-state index is 13.5. The summed E-state index contributed by atoms with van der Waals surface area (Å²) in [4.78, 5) is 39.7. The molecule has 35 heavy (non-hydrogen) atoms. The van der Waals surface area contributed by atoms with Gasteiger partial charge in [0.15, 0.2) is 0 Å². The molecule has 1 aliphatic carbocycles. The van der Waals surface area contributed by atoms with Crippen molar-refractivity contribution in [3.05, 3.63) is 59.7 Å². The van der Waals surface area contributed by atoms with Gasteiger partial charge in [0.2, 0.25) is 5.91 Å². The highest BCUT2D eigenvalue weighted by Gasteiger charge is 2.44. The van der Waals surface area contributed by atoms with E-state index in [0.29, 0.717) is 18.6 Å². The van der Waals surface area contributed by atoms with Crippen molar-refractivity contribution >= 4 is 29.7 Å². The molecule has 2 amide bonds. The van der Waals surface area contributed by atoms with E-state index in [9.17, 15) is 19.5 Å². The van der Waals surface area contributed by atoms with Crippen LogP contribution in [0.5, 0.6) is 0 Å². The number of ether oxygens (including phenoxy) is 1. The van der Waals surface area contributed by atoms with Gasteiger partial charge in [-0.15, -0.1) is 11.8 Å². The van der Waals surface area contributed by atoms with Gasteiger partial charge in [-0.1, -0.05) is 75.7 Å². The molecule has 8 heteroatoms. The van der Waals surface area contributed by atoms with Crippen molar-refractivity contribution in [1.82, 2.24) is 10.2 Å². The number of alkyl carbamates (subject to hydrolysis) is 1. The lowest BCUT2D eigenvalue weighted by Gasteiger charge is -2.33. The molecule has 2 N–H and O–H groups in total. The average Bonchev–Trinajstić information content (AvgIpc) is 3.45. The van der Waals surface area contributed by atoms with Crippen molar-refractivity contribution < 1.29 is 24.2 Å². The average molecular weight is 497 g/mol. The molecule has 0 aromatic heterocycles. The number of fused-ring (bicyclic) bond motifs is 3. The summed E-state index contributed by atoms with van der Waals surface area (Å²) in [7, 11) is 0. The van der Waals surface area contributed by atoms with Crippen LogP contribution in [0.2, 0.25) is 0 Å². The maximum Gasteiger partial charge on any atom is 0.407 e. The molecule has 7 nitrogen and oxygen atoms in total. The molecule has 1 heterocycles. The van der Waals surface area contributed by atoms with Crippen molar-refractivity contribution in [1.29, 1.82) is 0 Å². The van der Waals surface area contributed by atoms with Gasteiger partial charge >= 0.3 is 12.1 Å². The Hall–Kier alpha value is -3.00. The van der Waals surface area contributed by atoms with Crippen LogP contribution in [0.15, 0.2) is 48.5 Å². The summed E-state index contributed by atoms with van der Waals surface area (Å²) >= 11 is 1.47. The van der Waals surface area contributed by atoms with Crippen LogP contribution in [0.4, 0.5) is 4.79 Å². The number of hydrogen-bond acceptors (Lipinski definition) is 5. The van der Waals surface area contributed by atoms with Gasteiger partial charge in [-0.25, -0.2) is 9.59 Å². The van der Waals surface area contributed by atoms with Crippen molar-refractivity contribution in [2.45, 2.75) is 57.0 Å². The topological polar surface area (TPSA) is 95.9 Å². The third-order valence-corrected chi connectivity index (χ3v) is 8.53. The fourth-order valence-corrected chi connectivity index (χ4v) is 6.33. The van der Waals surface area contributed by atoms with Crippen LogP contribution >= 0.6 is 11.8 Å². The van der Waals surface area contributed by atoms with Crippen molar-refractivity contribution in [2.75, 3.05) is 12.4 Å². The summed E-state index contributed by atoms with van der Waals surface area (Å²) < 4.78 is 5.66. The number of carboxylic acids is 1. The standard InChI is InChI=1S/C27H32N2O5S/c1-4-16(3)24(25(30)29-22(26(31)32)15-35-23(29)5-2)28-27(33)34-14-21-19-12-8-6-10-17(19)18-11-7-9-13-20(18)21/h6-13,16,21-24H,4-5,14-15H2,1-3H3,(H,28,33)(H,31,32). The Morgan fingerprint density at radius 1 is 1.09 bits per heavy atom. The number of thioether (sulfide) groups is 1. The first-order valence-corrected chi connectivity index (χ1v) is 13.2. The van der Waals surface area contributed by atoms with Crippen LogP contribution in [0, 0.1) is 5.92 Å². The lowest BCUT2D eigenvalue weighted by molar-refractivity contribution is -0.150. The van der Waals surface area contributed by atoms with Gasteiger partial charge in [0.1, 0.15) is 18.7 Å². The summed E-state index contributed by atoms with van der Waals surface area (Å²) in [5, 5.41) is 12.2. The first-order valence-electron chi connectivity index (χ1n) is 12.1. The molecule has 0 spiro atoms. The van der Waals surface area contributed by atoms with E-state index in [2.05, 4.69) is 29.6 Å². The number of nitrogens with one attached hydrogen (secondary N) is 1. The number of carbonyl (C=O) groups excluding carboxylic acids is 2. The van der Waals surface area contributed by atoms with Crippen molar-refractivity contribution in [3.8, 4) is 11.1 Å². The first-order chi connectivity index (χ1) is 16.9. The van der Waals surface area contributed by atoms with Crippen LogP contribution in [0.1, 0.15) is 50.7 Å². The Labute approximate surface area is 210 Å². The van der Waals surface area contributed by atoms with Gasteiger partial charge in [0.05, 0.1) is 5.37 Å². The zero-order chi connectivity index (χ0) is 25.1. The summed E-state index contributed by atoms with van der Waals surface area (Å²) in [6, 6.07) is 14.4.